The van der Waals surface area contributed by atoms with Gasteiger partial charge in [0.1, 0.15) is 5.52 Å². The SMILES string of the molecule is Cc1ccc2oc(CCC(=O)NC[C@@H](C)c3ccccc3)nc2c1. The molecule has 3 aromatic rings. The molecule has 0 spiro atoms. The number of oxazole rings is 1. The summed E-state index contributed by atoms with van der Waals surface area (Å²) < 4.78 is 5.68. The van der Waals surface area contributed by atoms with Crippen LogP contribution in [0.2, 0.25) is 0 Å². The molecule has 124 valence electrons. The van der Waals surface area contributed by atoms with Gasteiger partial charge >= 0.3 is 0 Å². The Labute approximate surface area is 141 Å². The normalized spacial score (nSPS) is 12.2. The van der Waals surface area contributed by atoms with Gasteiger partial charge in [0.25, 0.3) is 0 Å². The minimum absolute atomic E-state index is 0.0243. The van der Waals surface area contributed by atoms with E-state index in [2.05, 4.69) is 29.4 Å². The Kier molecular flexibility index (Phi) is 4.94. The minimum Gasteiger partial charge on any atom is -0.441 e. The molecular weight excluding hydrogens is 300 g/mol. The maximum Gasteiger partial charge on any atom is 0.220 e. The average molecular weight is 322 g/mol. The summed E-state index contributed by atoms with van der Waals surface area (Å²) in [5.74, 6) is 0.931. The van der Waals surface area contributed by atoms with Crippen molar-refractivity contribution < 1.29 is 9.21 Å². The lowest BCUT2D eigenvalue weighted by Gasteiger charge is -2.12. The zero-order chi connectivity index (χ0) is 16.9. The number of carbonyl (C=O) groups excluding carboxylic acids is 1. The first-order chi connectivity index (χ1) is 11.6. The molecule has 0 saturated carbocycles. The number of benzene rings is 2. The quantitative estimate of drug-likeness (QED) is 0.746. The fourth-order valence-electron chi connectivity index (χ4n) is 2.67. The Morgan fingerprint density at radius 2 is 2.00 bits per heavy atom. The van der Waals surface area contributed by atoms with Gasteiger partial charge in [0.2, 0.25) is 5.91 Å². The summed E-state index contributed by atoms with van der Waals surface area (Å²) in [6, 6.07) is 16.1. The molecule has 3 rings (SSSR count). The van der Waals surface area contributed by atoms with Crippen molar-refractivity contribution in [1.82, 2.24) is 10.3 Å². The summed E-state index contributed by atoms with van der Waals surface area (Å²) in [5.41, 5.74) is 4.00. The van der Waals surface area contributed by atoms with Gasteiger partial charge in [-0.05, 0) is 36.1 Å². The summed E-state index contributed by atoms with van der Waals surface area (Å²) in [4.78, 5) is 16.5. The topological polar surface area (TPSA) is 55.1 Å². The first kappa shape index (κ1) is 16.2. The van der Waals surface area contributed by atoms with E-state index in [1.807, 2.05) is 43.3 Å². The Morgan fingerprint density at radius 1 is 1.21 bits per heavy atom. The predicted molar refractivity (Wildman–Crippen MR) is 94.9 cm³/mol. The van der Waals surface area contributed by atoms with Gasteiger partial charge in [0.05, 0.1) is 0 Å². The van der Waals surface area contributed by atoms with Gasteiger partial charge in [0.15, 0.2) is 11.5 Å². The largest absolute Gasteiger partial charge is 0.441 e. The van der Waals surface area contributed by atoms with Gasteiger partial charge < -0.3 is 9.73 Å². The summed E-state index contributed by atoms with van der Waals surface area (Å²) in [6.07, 6.45) is 0.895. The smallest absolute Gasteiger partial charge is 0.220 e. The van der Waals surface area contributed by atoms with Crippen LogP contribution in [0.15, 0.2) is 52.9 Å². The average Bonchev–Trinajstić information content (AvgIpc) is 3.00. The number of aromatic nitrogens is 1. The van der Waals surface area contributed by atoms with Gasteiger partial charge in [0, 0.05) is 19.4 Å². The first-order valence-corrected chi connectivity index (χ1v) is 8.29. The Hall–Kier alpha value is -2.62. The molecule has 0 aliphatic carbocycles. The molecule has 0 saturated heterocycles. The zero-order valence-corrected chi connectivity index (χ0v) is 14.1. The van der Waals surface area contributed by atoms with E-state index in [9.17, 15) is 4.79 Å². The van der Waals surface area contributed by atoms with Gasteiger partial charge in [-0.2, -0.15) is 0 Å². The Morgan fingerprint density at radius 3 is 2.79 bits per heavy atom. The fourth-order valence-corrected chi connectivity index (χ4v) is 2.67. The van der Waals surface area contributed by atoms with E-state index in [0.717, 1.165) is 16.7 Å². The van der Waals surface area contributed by atoms with Crippen LogP contribution in [0.4, 0.5) is 0 Å². The second-order valence-corrected chi connectivity index (χ2v) is 6.19. The summed E-state index contributed by atoms with van der Waals surface area (Å²) in [5, 5.41) is 2.99. The standard InChI is InChI=1S/C20H22N2O2/c1-14-8-9-18-17(12-14)22-20(24-18)11-10-19(23)21-13-15(2)16-6-4-3-5-7-16/h3-9,12,15H,10-11,13H2,1-2H3,(H,21,23)/t15-/m1/s1. The highest BCUT2D eigenvalue weighted by molar-refractivity contribution is 5.76. The number of aryl methyl sites for hydroxylation is 2. The van der Waals surface area contributed by atoms with E-state index < -0.39 is 0 Å². The number of amides is 1. The van der Waals surface area contributed by atoms with Crippen LogP contribution in [-0.4, -0.2) is 17.4 Å². The number of hydrogen-bond acceptors (Lipinski definition) is 3. The third kappa shape index (κ3) is 4.02. The van der Waals surface area contributed by atoms with Crippen LogP contribution < -0.4 is 5.32 Å². The summed E-state index contributed by atoms with van der Waals surface area (Å²) >= 11 is 0. The highest BCUT2D eigenvalue weighted by atomic mass is 16.3. The van der Waals surface area contributed by atoms with Crippen LogP contribution in [0.25, 0.3) is 11.1 Å². The molecule has 0 bridgehead atoms. The number of hydrogen-bond donors (Lipinski definition) is 1. The molecule has 1 N–H and O–H groups in total. The van der Waals surface area contributed by atoms with Crippen LogP contribution >= 0.6 is 0 Å². The van der Waals surface area contributed by atoms with Gasteiger partial charge in [-0.15, -0.1) is 0 Å². The monoisotopic (exact) mass is 322 g/mol. The van der Waals surface area contributed by atoms with E-state index in [1.165, 1.54) is 5.56 Å². The fraction of sp³-hybridized carbons (Fsp3) is 0.300. The lowest BCUT2D eigenvalue weighted by molar-refractivity contribution is -0.121. The second-order valence-electron chi connectivity index (χ2n) is 6.19. The molecule has 0 fully saturated rings. The zero-order valence-electron chi connectivity index (χ0n) is 14.1. The van der Waals surface area contributed by atoms with Crippen molar-refractivity contribution in [2.75, 3.05) is 6.54 Å². The van der Waals surface area contributed by atoms with Gasteiger partial charge in [-0.1, -0.05) is 43.3 Å². The number of nitrogens with one attached hydrogen (secondary N) is 1. The molecule has 4 heteroatoms. The highest BCUT2D eigenvalue weighted by Crippen LogP contribution is 2.18. The minimum atomic E-state index is 0.0243. The van der Waals surface area contributed by atoms with Crippen molar-refractivity contribution in [3.8, 4) is 0 Å². The van der Waals surface area contributed by atoms with Crippen molar-refractivity contribution in [1.29, 1.82) is 0 Å². The van der Waals surface area contributed by atoms with Crippen LogP contribution in [0, 0.1) is 6.92 Å². The molecular formula is C20H22N2O2. The van der Waals surface area contributed by atoms with Crippen LogP contribution in [0.5, 0.6) is 0 Å². The van der Waals surface area contributed by atoms with Crippen LogP contribution in [0.3, 0.4) is 0 Å². The third-order valence-electron chi connectivity index (χ3n) is 4.13. The van der Waals surface area contributed by atoms with E-state index in [1.54, 1.807) is 0 Å². The molecule has 4 nitrogen and oxygen atoms in total. The molecule has 0 aliphatic rings. The second kappa shape index (κ2) is 7.30. The summed E-state index contributed by atoms with van der Waals surface area (Å²) in [6.45, 7) is 4.77. The molecule has 2 aromatic carbocycles. The molecule has 24 heavy (non-hydrogen) atoms. The van der Waals surface area contributed by atoms with Crippen molar-refractivity contribution in [2.45, 2.75) is 32.6 Å². The maximum absolute atomic E-state index is 12.0. The number of carbonyl (C=O) groups is 1. The lowest BCUT2D eigenvalue weighted by Crippen LogP contribution is -2.27. The van der Waals surface area contributed by atoms with Crippen LogP contribution in [-0.2, 0) is 11.2 Å². The molecule has 0 unspecified atom stereocenters. The number of nitrogens with zero attached hydrogens (tertiary/aromatic N) is 1. The highest BCUT2D eigenvalue weighted by Gasteiger charge is 2.10. The van der Waals surface area contributed by atoms with Crippen molar-refractivity contribution in [3.63, 3.8) is 0 Å². The molecule has 1 aromatic heterocycles. The molecule has 1 heterocycles. The maximum atomic E-state index is 12.0. The van der Waals surface area contributed by atoms with Crippen molar-refractivity contribution >= 4 is 17.0 Å². The number of rotatable bonds is 6. The predicted octanol–water partition coefficient (Wildman–Crippen LogP) is 3.99. The first-order valence-electron chi connectivity index (χ1n) is 8.29. The van der Waals surface area contributed by atoms with Crippen molar-refractivity contribution in [2.24, 2.45) is 0 Å². The lowest BCUT2D eigenvalue weighted by atomic mass is 10.0. The van der Waals surface area contributed by atoms with E-state index >= 15 is 0 Å². The third-order valence-corrected chi connectivity index (χ3v) is 4.13. The van der Waals surface area contributed by atoms with Crippen molar-refractivity contribution in [3.05, 3.63) is 65.5 Å². The molecule has 0 aliphatic heterocycles. The van der Waals surface area contributed by atoms with Gasteiger partial charge in [-0.25, -0.2) is 4.98 Å². The van der Waals surface area contributed by atoms with E-state index in [4.69, 9.17) is 4.42 Å². The number of fused-ring (bicyclic) bond motifs is 1. The van der Waals surface area contributed by atoms with E-state index in [-0.39, 0.29) is 5.91 Å². The summed E-state index contributed by atoms with van der Waals surface area (Å²) in [7, 11) is 0. The van der Waals surface area contributed by atoms with E-state index in [0.29, 0.717) is 31.2 Å². The molecule has 1 amide bonds. The molecule has 1 atom stereocenters. The van der Waals surface area contributed by atoms with Gasteiger partial charge in [-0.3, -0.25) is 4.79 Å². The molecule has 0 radical (unpaired) electrons. The Bertz CT molecular complexity index is 824. The Balaban J connectivity index is 1.49. The van der Waals surface area contributed by atoms with Crippen LogP contribution in [0.1, 0.15) is 36.3 Å².